The van der Waals surface area contributed by atoms with Crippen LogP contribution in [0.3, 0.4) is 0 Å². The van der Waals surface area contributed by atoms with E-state index < -0.39 is 0 Å². The van der Waals surface area contributed by atoms with E-state index in [0.717, 1.165) is 26.0 Å². The van der Waals surface area contributed by atoms with Crippen LogP contribution in [0.15, 0.2) is 16.7 Å². The molecule has 2 heterocycles. The fourth-order valence-corrected chi connectivity index (χ4v) is 2.99. The molecular weight excluding hydrogens is 214 g/mol. The predicted octanol–water partition coefficient (Wildman–Crippen LogP) is 2.82. The van der Waals surface area contributed by atoms with Gasteiger partial charge in [-0.05, 0) is 44.7 Å². The Labute approximate surface area is 103 Å². The zero-order chi connectivity index (χ0) is 11.5. The maximum Gasteiger partial charge on any atom is 0.108 e. The molecule has 1 aliphatic carbocycles. The van der Waals surface area contributed by atoms with Crippen molar-refractivity contribution >= 4 is 0 Å². The molecule has 1 aliphatic heterocycles. The molecule has 3 rings (SSSR count). The summed E-state index contributed by atoms with van der Waals surface area (Å²) in [6.45, 7) is 2.01. The number of furan rings is 1. The van der Waals surface area contributed by atoms with E-state index >= 15 is 0 Å². The van der Waals surface area contributed by atoms with Crippen molar-refractivity contribution in [2.24, 2.45) is 0 Å². The molecule has 1 aromatic heterocycles. The number of ether oxygens (including phenoxy) is 1. The smallest absolute Gasteiger partial charge is 0.108 e. The van der Waals surface area contributed by atoms with Crippen molar-refractivity contribution in [3.63, 3.8) is 0 Å². The number of hydrogen-bond acceptors (Lipinski definition) is 3. The average molecular weight is 235 g/mol. The maximum absolute atomic E-state index is 5.64. The Morgan fingerprint density at radius 2 is 2.29 bits per heavy atom. The summed E-state index contributed by atoms with van der Waals surface area (Å²) in [5.41, 5.74) is 1.38. The lowest BCUT2D eigenvalue weighted by Crippen LogP contribution is -2.27. The molecule has 0 bridgehead atoms. The van der Waals surface area contributed by atoms with Crippen LogP contribution in [-0.2, 0) is 11.2 Å². The Kier molecular flexibility index (Phi) is 3.48. The highest BCUT2D eigenvalue weighted by Gasteiger charge is 2.22. The summed E-state index contributed by atoms with van der Waals surface area (Å²) in [5.74, 6) is 1.19. The summed E-state index contributed by atoms with van der Waals surface area (Å²) in [5, 5.41) is 3.65. The van der Waals surface area contributed by atoms with Gasteiger partial charge in [-0.25, -0.2) is 0 Å². The summed E-state index contributed by atoms with van der Waals surface area (Å²) in [6.07, 6.45) is 9.51. The number of rotatable bonds is 4. The van der Waals surface area contributed by atoms with Crippen LogP contribution >= 0.6 is 0 Å². The fraction of sp³-hybridized carbons (Fsp3) is 0.714. The van der Waals surface area contributed by atoms with Gasteiger partial charge in [0.2, 0.25) is 0 Å². The van der Waals surface area contributed by atoms with Gasteiger partial charge in [-0.3, -0.25) is 0 Å². The Morgan fingerprint density at radius 3 is 3.18 bits per heavy atom. The van der Waals surface area contributed by atoms with Crippen molar-refractivity contribution in [2.45, 2.75) is 50.7 Å². The van der Waals surface area contributed by atoms with Gasteiger partial charge in [0.25, 0.3) is 0 Å². The fourth-order valence-electron chi connectivity index (χ4n) is 2.99. The highest BCUT2D eigenvalue weighted by atomic mass is 16.5. The predicted molar refractivity (Wildman–Crippen MR) is 66.0 cm³/mol. The van der Waals surface area contributed by atoms with E-state index in [-0.39, 0.29) is 0 Å². The van der Waals surface area contributed by atoms with Crippen molar-refractivity contribution < 1.29 is 9.15 Å². The molecule has 1 N–H and O–H groups in total. The summed E-state index contributed by atoms with van der Waals surface area (Å²) in [7, 11) is 0. The minimum Gasteiger partial charge on any atom is -0.469 e. The first-order valence-electron chi connectivity index (χ1n) is 6.85. The molecule has 0 saturated carbocycles. The SMILES string of the molecule is c1cc2c(o1)CCCC2NCCC1CCCO1. The van der Waals surface area contributed by atoms with Gasteiger partial charge in [-0.2, -0.15) is 0 Å². The van der Waals surface area contributed by atoms with Crippen LogP contribution in [0, 0.1) is 0 Å². The van der Waals surface area contributed by atoms with Gasteiger partial charge in [0.1, 0.15) is 5.76 Å². The van der Waals surface area contributed by atoms with Crippen molar-refractivity contribution in [2.75, 3.05) is 13.2 Å². The Morgan fingerprint density at radius 1 is 1.29 bits per heavy atom. The molecule has 17 heavy (non-hydrogen) atoms. The van der Waals surface area contributed by atoms with Crippen LogP contribution in [0.25, 0.3) is 0 Å². The molecule has 1 saturated heterocycles. The quantitative estimate of drug-likeness (QED) is 0.871. The molecule has 94 valence electrons. The average Bonchev–Trinajstić information content (AvgIpc) is 2.99. The lowest BCUT2D eigenvalue weighted by Gasteiger charge is -2.23. The van der Waals surface area contributed by atoms with E-state index in [9.17, 15) is 0 Å². The number of fused-ring (bicyclic) bond motifs is 1. The van der Waals surface area contributed by atoms with Crippen LogP contribution in [0.5, 0.6) is 0 Å². The number of hydrogen-bond donors (Lipinski definition) is 1. The van der Waals surface area contributed by atoms with E-state index in [0.29, 0.717) is 12.1 Å². The van der Waals surface area contributed by atoms with Crippen molar-refractivity contribution in [1.29, 1.82) is 0 Å². The zero-order valence-corrected chi connectivity index (χ0v) is 10.3. The lowest BCUT2D eigenvalue weighted by molar-refractivity contribution is 0.103. The molecular formula is C14H21NO2. The third kappa shape index (κ3) is 2.55. The van der Waals surface area contributed by atoms with E-state index in [1.54, 1.807) is 0 Å². The van der Waals surface area contributed by atoms with Crippen LogP contribution in [-0.4, -0.2) is 19.3 Å². The molecule has 3 heteroatoms. The Balaban J connectivity index is 1.49. The molecule has 2 aliphatic rings. The first-order valence-corrected chi connectivity index (χ1v) is 6.85. The van der Waals surface area contributed by atoms with Gasteiger partial charge in [0, 0.05) is 24.6 Å². The lowest BCUT2D eigenvalue weighted by atomic mass is 9.93. The van der Waals surface area contributed by atoms with Crippen molar-refractivity contribution in [3.8, 4) is 0 Å². The molecule has 0 aromatic carbocycles. The van der Waals surface area contributed by atoms with Gasteiger partial charge in [-0.15, -0.1) is 0 Å². The third-order valence-electron chi connectivity index (χ3n) is 3.93. The van der Waals surface area contributed by atoms with Gasteiger partial charge >= 0.3 is 0 Å². The summed E-state index contributed by atoms with van der Waals surface area (Å²) >= 11 is 0. The largest absolute Gasteiger partial charge is 0.469 e. The summed E-state index contributed by atoms with van der Waals surface area (Å²) in [6, 6.07) is 2.62. The summed E-state index contributed by atoms with van der Waals surface area (Å²) in [4.78, 5) is 0. The number of nitrogens with one attached hydrogen (secondary N) is 1. The van der Waals surface area contributed by atoms with Gasteiger partial charge in [0.05, 0.1) is 12.4 Å². The highest BCUT2D eigenvalue weighted by molar-refractivity contribution is 5.23. The minimum atomic E-state index is 0.495. The molecule has 3 nitrogen and oxygen atoms in total. The molecule has 0 amide bonds. The van der Waals surface area contributed by atoms with Crippen LogP contribution in [0.2, 0.25) is 0 Å². The summed E-state index contributed by atoms with van der Waals surface area (Å²) < 4.78 is 11.1. The topological polar surface area (TPSA) is 34.4 Å². The molecule has 2 unspecified atom stereocenters. The number of aryl methyl sites for hydroxylation is 1. The van der Waals surface area contributed by atoms with Crippen LogP contribution in [0.4, 0.5) is 0 Å². The first kappa shape index (κ1) is 11.3. The Hall–Kier alpha value is -0.800. The van der Waals surface area contributed by atoms with Crippen molar-refractivity contribution in [3.05, 3.63) is 23.7 Å². The standard InChI is InChI=1S/C14H21NO2/c1-4-13(12-7-10-17-14(12)5-1)15-8-6-11-3-2-9-16-11/h7,10-11,13,15H,1-6,8-9H2. The van der Waals surface area contributed by atoms with Crippen LogP contribution < -0.4 is 5.32 Å². The first-order chi connectivity index (χ1) is 8.43. The highest BCUT2D eigenvalue weighted by Crippen LogP contribution is 2.30. The molecule has 2 atom stereocenters. The second-order valence-electron chi connectivity index (χ2n) is 5.12. The van der Waals surface area contributed by atoms with Gasteiger partial charge in [0.15, 0.2) is 0 Å². The van der Waals surface area contributed by atoms with Crippen molar-refractivity contribution in [1.82, 2.24) is 5.32 Å². The zero-order valence-electron chi connectivity index (χ0n) is 10.3. The maximum atomic E-state index is 5.64. The minimum absolute atomic E-state index is 0.495. The second-order valence-corrected chi connectivity index (χ2v) is 5.12. The molecule has 1 fully saturated rings. The molecule has 0 spiro atoms. The van der Waals surface area contributed by atoms with E-state index in [4.69, 9.17) is 9.15 Å². The third-order valence-corrected chi connectivity index (χ3v) is 3.93. The van der Waals surface area contributed by atoms with E-state index in [1.807, 2.05) is 6.26 Å². The van der Waals surface area contributed by atoms with E-state index in [2.05, 4.69) is 11.4 Å². The monoisotopic (exact) mass is 235 g/mol. The van der Waals surface area contributed by atoms with E-state index in [1.165, 1.54) is 37.0 Å². The normalized spacial score (nSPS) is 28.2. The van der Waals surface area contributed by atoms with Gasteiger partial charge < -0.3 is 14.5 Å². The Bertz CT molecular complexity index is 355. The molecule has 1 aromatic rings. The second kappa shape index (κ2) is 5.23. The van der Waals surface area contributed by atoms with Gasteiger partial charge in [-0.1, -0.05) is 0 Å². The van der Waals surface area contributed by atoms with Crippen LogP contribution in [0.1, 0.15) is 49.5 Å². The molecule has 0 radical (unpaired) electrons.